The summed E-state index contributed by atoms with van der Waals surface area (Å²) in [7, 11) is 0. The average molecular weight is 241 g/mol. The maximum atomic E-state index is 13.4. The van der Waals surface area contributed by atoms with Crippen molar-refractivity contribution in [2.45, 2.75) is 26.3 Å². The van der Waals surface area contributed by atoms with E-state index in [1.54, 1.807) is 0 Å². The van der Waals surface area contributed by atoms with Gasteiger partial charge in [0.2, 0.25) is 5.91 Å². The molecular weight excluding hydrogens is 228 g/mol. The molecule has 1 aromatic carbocycles. The van der Waals surface area contributed by atoms with Crippen LogP contribution in [-0.2, 0) is 9.59 Å². The van der Waals surface area contributed by atoms with E-state index in [4.69, 9.17) is 0 Å². The molecule has 92 valence electrons. The molecular formula is C12H13F2NO2. The molecule has 17 heavy (non-hydrogen) atoms. The number of carbonyl (C=O) groups is 2. The highest BCUT2D eigenvalue weighted by atomic mass is 19.1. The summed E-state index contributed by atoms with van der Waals surface area (Å²) in [4.78, 5) is 22.0. The molecule has 5 heteroatoms. The fraction of sp³-hybridized carbons (Fsp3) is 0.333. The van der Waals surface area contributed by atoms with Crippen molar-refractivity contribution in [2.24, 2.45) is 0 Å². The quantitative estimate of drug-likeness (QED) is 0.821. The zero-order chi connectivity index (χ0) is 13.0. The number of Topliss-reactive ketones (excluding diaryl/α,β-unsaturated/α-hetero) is 1. The fourth-order valence-electron chi connectivity index (χ4n) is 1.52. The third kappa shape index (κ3) is 3.62. The third-order valence-corrected chi connectivity index (χ3v) is 2.22. The molecule has 1 aromatic rings. The molecule has 1 atom stereocenters. The number of rotatable bonds is 4. The Morgan fingerprint density at radius 2 is 1.82 bits per heavy atom. The van der Waals surface area contributed by atoms with Gasteiger partial charge in [0.15, 0.2) is 0 Å². The van der Waals surface area contributed by atoms with Crippen molar-refractivity contribution in [2.75, 3.05) is 0 Å². The Balaban J connectivity index is 2.80. The van der Waals surface area contributed by atoms with Crippen LogP contribution in [0.5, 0.6) is 0 Å². The summed E-state index contributed by atoms with van der Waals surface area (Å²) in [6.07, 6.45) is -0.291. The van der Waals surface area contributed by atoms with E-state index >= 15 is 0 Å². The molecule has 0 saturated carbocycles. The van der Waals surface area contributed by atoms with Crippen LogP contribution in [0.2, 0.25) is 0 Å². The number of hydrogen-bond acceptors (Lipinski definition) is 2. The molecule has 3 nitrogen and oxygen atoms in total. The number of amides is 1. The number of carbonyl (C=O) groups excluding carboxylic acids is 2. The number of benzene rings is 1. The number of nitrogens with one attached hydrogen (secondary N) is 1. The lowest BCUT2D eigenvalue weighted by atomic mass is 10.1. The van der Waals surface area contributed by atoms with Crippen molar-refractivity contribution in [3.8, 4) is 0 Å². The average Bonchev–Trinajstić information content (AvgIpc) is 2.15. The zero-order valence-electron chi connectivity index (χ0n) is 9.59. The molecule has 0 fully saturated rings. The van der Waals surface area contributed by atoms with E-state index in [9.17, 15) is 18.4 Å². The standard InChI is InChI=1S/C12H13F2NO2/c1-7(16)6-11(17)15-8(2)12-9(13)4-3-5-10(12)14/h3-5,8H,6H2,1-2H3,(H,15,17). The molecule has 0 aliphatic rings. The second-order valence-electron chi connectivity index (χ2n) is 3.80. The fourth-order valence-corrected chi connectivity index (χ4v) is 1.52. The summed E-state index contributed by atoms with van der Waals surface area (Å²) in [5.74, 6) is -2.29. The van der Waals surface area contributed by atoms with Gasteiger partial charge in [0, 0.05) is 5.56 Å². The number of hydrogen-bond donors (Lipinski definition) is 1. The summed E-state index contributed by atoms with van der Waals surface area (Å²) in [6, 6.07) is 2.67. The summed E-state index contributed by atoms with van der Waals surface area (Å²) >= 11 is 0. The van der Waals surface area contributed by atoms with Crippen molar-refractivity contribution >= 4 is 11.7 Å². The summed E-state index contributed by atoms with van der Waals surface area (Å²) in [5.41, 5.74) is -0.204. The maximum Gasteiger partial charge on any atom is 0.227 e. The second kappa shape index (κ2) is 5.52. The van der Waals surface area contributed by atoms with E-state index in [0.29, 0.717) is 0 Å². The Kier molecular flexibility index (Phi) is 4.31. The van der Waals surface area contributed by atoms with Gasteiger partial charge in [-0.25, -0.2) is 8.78 Å². The number of halogens is 2. The van der Waals surface area contributed by atoms with Gasteiger partial charge in [0.1, 0.15) is 17.4 Å². The molecule has 1 N–H and O–H groups in total. The van der Waals surface area contributed by atoms with Crippen molar-refractivity contribution in [3.05, 3.63) is 35.4 Å². The minimum Gasteiger partial charge on any atom is -0.349 e. The van der Waals surface area contributed by atoms with Crippen molar-refractivity contribution in [3.63, 3.8) is 0 Å². The largest absolute Gasteiger partial charge is 0.349 e. The highest BCUT2D eigenvalue weighted by molar-refractivity contribution is 5.96. The van der Waals surface area contributed by atoms with E-state index in [0.717, 1.165) is 12.1 Å². The van der Waals surface area contributed by atoms with Gasteiger partial charge in [-0.15, -0.1) is 0 Å². The molecule has 0 radical (unpaired) electrons. The first-order valence-electron chi connectivity index (χ1n) is 5.14. The van der Waals surface area contributed by atoms with Gasteiger partial charge >= 0.3 is 0 Å². The molecule has 0 spiro atoms. The van der Waals surface area contributed by atoms with Crippen LogP contribution in [0.3, 0.4) is 0 Å². The predicted molar refractivity (Wildman–Crippen MR) is 58.2 cm³/mol. The highest BCUT2D eigenvalue weighted by Crippen LogP contribution is 2.20. The molecule has 0 heterocycles. The third-order valence-electron chi connectivity index (χ3n) is 2.22. The Hall–Kier alpha value is -1.78. The van der Waals surface area contributed by atoms with E-state index < -0.39 is 23.6 Å². The van der Waals surface area contributed by atoms with Crippen LogP contribution in [0.1, 0.15) is 31.9 Å². The predicted octanol–water partition coefficient (Wildman–Crippen LogP) is 2.12. The highest BCUT2D eigenvalue weighted by Gasteiger charge is 2.18. The first kappa shape index (κ1) is 13.3. The Bertz CT molecular complexity index is 426. The van der Waals surface area contributed by atoms with Crippen molar-refractivity contribution in [1.29, 1.82) is 0 Å². The molecule has 1 rings (SSSR count). The van der Waals surface area contributed by atoms with Crippen LogP contribution in [0.4, 0.5) is 8.78 Å². The SMILES string of the molecule is CC(=O)CC(=O)NC(C)c1c(F)cccc1F. The van der Waals surface area contributed by atoms with Gasteiger partial charge in [-0.05, 0) is 26.0 Å². The molecule has 0 bridgehead atoms. The van der Waals surface area contributed by atoms with Gasteiger partial charge in [-0.3, -0.25) is 9.59 Å². The Labute approximate surface area is 97.8 Å². The van der Waals surface area contributed by atoms with Gasteiger partial charge in [0.25, 0.3) is 0 Å². The molecule has 0 saturated heterocycles. The van der Waals surface area contributed by atoms with Crippen LogP contribution < -0.4 is 5.32 Å². The molecule has 1 unspecified atom stereocenters. The topological polar surface area (TPSA) is 46.2 Å². The van der Waals surface area contributed by atoms with Gasteiger partial charge in [-0.2, -0.15) is 0 Å². The van der Waals surface area contributed by atoms with E-state index in [-0.39, 0.29) is 17.8 Å². The summed E-state index contributed by atoms with van der Waals surface area (Å²) in [5, 5.41) is 2.37. The summed E-state index contributed by atoms with van der Waals surface area (Å²) < 4.78 is 26.7. The monoisotopic (exact) mass is 241 g/mol. The summed E-state index contributed by atoms with van der Waals surface area (Å²) in [6.45, 7) is 2.73. The molecule has 0 aliphatic carbocycles. The molecule has 0 aromatic heterocycles. The first-order valence-corrected chi connectivity index (χ1v) is 5.14. The van der Waals surface area contributed by atoms with Gasteiger partial charge in [0.05, 0.1) is 12.5 Å². The van der Waals surface area contributed by atoms with Crippen LogP contribution in [-0.4, -0.2) is 11.7 Å². The lowest BCUT2D eigenvalue weighted by Crippen LogP contribution is -2.29. The molecule has 0 aliphatic heterocycles. The second-order valence-corrected chi connectivity index (χ2v) is 3.80. The number of ketones is 1. The lowest BCUT2D eigenvalue weighted by molar-refractivity contribution is -0.127. The van der Waals surface area contributed by atoms with Crippen molar-refractivity contribution < 1.29 is 18.4 Å². The molecule has 1 amide bonds. The zero-order valence-corrected chi connectivity index (χ0v) is 9.59. The van der Waals surface area contributed by atoms with Gasteiger partial charge < -0.3 is 5.32 Å². The normalized spacial score (nSPS) is 12.0. The minimum absolute atomic E-state index is 0.204. The Morgan fingerprint density at radius 3 is 2.29 bits per heavy atom. The Morgan fingerprint density at radius 1 is 1.29 bits per heavy atom. The smallest absolute Gasteiger partial charge is 0.227 e. The maximum absolute atomic E-state index is 13.4. The van der Waals surface area contributed by atoms with E-state index in [1.165, 1.54) is 19.9 Å². The first-order chi connectivity index (χ1) is 7.91. The van der Waals surface area contributed by atoms with Crippen LogP contribution >= 0.6 is 0 Å². The van der Waals surface area contributed by atoms with Crippen LogP contribution in [0.15, 0.2) is 18.2 Å². The lowest BCUT2D eigenvalue weighted by Gasteiger charge is -2.15. The van der Waals surface area contributed by atoms with Crippen LogP contribution in [0, 0.1) is 11.6 Å². The van der Waals surface area contributed by atoms with E-state index in [2.05, 4.69) is 5.32 Å². The van der Waals surface area contributed by atoms with Gasteiger partial charge in [-0.1, -0.05) is 6.07 Å². The van der Waals surface area contributed by atoms with Crippen LogP contribution in [0.25, 0.3) is 0 Å². The van der Waals surface area contributed by atoms with Crippen molar-refractivity contribution in [1.82, 2.24) is 5.32 Å². The minimum atomic E-state index is -0.817. The van der Waals surface area contributed by atoms with E-state index in [1.807, 2.05) is 0 Å².